The minimum atomic E-state index is -3.61. The Morgan fingerprint density at radius 3 is 2.45 bits per heavy atom. The molecule has 0 bridgehead atoms. The highest BCUT2D eigenvalue weighted by Gasteiger charge is 2.15. The molecular weight excluding hydrogens is 464 g/mol. The lowest BCUT2D eigenvalue weighted by Crippen LogP contribution is -2.26. The van der Waals surface area contributed by atoms with Crippen LogP contribution in [0.4, 0.5) is 5.69 Å². The second-order valence-electron chi connectivity index (χ2n) is 7.23. The molecule has 0 radical (unpaired) electrons. The van der Waals surface area contributed by atoms with Crippen molar-refractivity contribution in [1.29, 1.82) is 0 Å². The van der Waals surface area contributed by atoms with Crippen molar-refractivity contribution in [2.45, 2.75) is 29.0 Å². The quantitative estimate of drug-likeness (QED) is 0.218. The van der Waals surface area contributed by atoms with Crippen LogP contribution in [0.3, 0.4) is 0 Å². The molecule has 4 rings (SSSR count). The van der Waals surface area contributed by atoms with Crippen molar-refractivity contribution in [2.24, 2.45) is 0 Å². The van der Waals surface area contributed by atoms with Gasteiger partial charge in [0.1, 0.15) is 5.03 Å². The molecule has 2 aromatic heterocycles. The minimum absolute atomic E-state index is 0.0513. The van der Waals surface area contributed by atoms with Crippen molar-refractivity contribution < 1.29 is 13.3 Å². The lowest BCUT2D eigenvalue weighted by Gasteiger charge is -2.07. The molecule has 0 atom stereocenters. The average molecular weight is 485 g/mol. The summed E-state index contributed by atoms with van der Waals surface area (Å²) in [7, 11) is -3.61. The van der Waals surface area contributed by atoms with Gasteiger partial charge in [0.05, 0.1) is 9.82 Å². The topological polar surface area (TPSA) is 132 Å². The van der Waals surface area contributed by atoms with Gasteiger partial charge in [-0.25, -0.2) is 13.1 Å². The van der Waals surface area contributed by atoms with Crippen molar-refractivity contribution >= 4 is 33.1 Å². The maximum absolute atomic E-state index is 12.5. The van der Waals surface area contributed by atoms with Gasteiger partial charge in [0.2, 0.25) is 10.0 Å². The molecule has 0 fully saturated rings. The van der Waals surface area contributed by atoms with Crippen molar-refractivity contribution in [3.63, 3.8) is 0 Å². The van der Waals surface area contributed by atoms with E-state index in [0.29, 0.717) is 23.6 Å². The maximum atomic E-state index is 12.5. The number of hydrogen-bond donors (Lipinski definition) is 1. The van der Waals surface area contributed by atoms with Gasteiger partial charge in [0.15, 0.2) is 11.5 Å². The SMILES string of the molecule is Cc1ccc(S(=O)(=O)NCCc2nnc3ccc(SCc4ccc([N+](=O)[O-])cc4)nn23)cc1. The van der Waals surface area contributed by atoms with Crippen molar-refractivity contribution in [3.05, 3.63) is 87.7 Å². The maximum Gasteiger partial charge on any atom is 0.269 e. The Labute approximate surface area is 194 Å². The molecule has 170 valence electrons. The summed E-state index contributed by atoms with van der Waals surface area (Å²) in [5, 5.41) is 24.3. The molecule has 0 saturated carbocycles. The van der Waals surface area contributed by atoms with Crippen LogP contribution in [0.5, 0.6) is 0 Å². The molecule has 12 heteroatoms. The lowest BCUT2D eigenvalue weighted by molar-refractivity contribution is -0.384. The molecule has 2 aromatic carbocycles. The van der Waals surface area contributed by atoms with Gasteiger partial charge in [-0.1, -0.05) is 41.6 Å². The molecule has 1 N–H and O–H groups in total. The first-order valence-electron chi connectivity index (χ1n) is 9.96. The third-order valence-corrected chi connectivity index (χ3v) is 7.28. The number of sulfonamides is 1. The zero-order valence-corrected chi connectivity index (χ0v) is 19.2. The summed E-state index contributed by atoms with van der Waals surface area (Å²) in [5.41, 5.74) is 2.53. The summed E-state index contributed by atoms with van der Waals surface area (Å²) < 4.78 is 29.1. The molecule has 33 heavy (non-hydrogen) atoms. The molecule has 0 aliphatic carbocycles. The van der Waals surface area contributed by atoms with Gasteiger partial charge in [-0.05, 0) is 36.8 Å². The Balaban J connectivity index is 1.40. The lowest BCUT2D eigenvalue weighted by atomic mass is 10.2. The number of rotatable bonds is 9. The summed E-state index contributed by atoms with van der Waals surface area (Å²) in [6, 6.07) is 16.6. The molecule has 0 aliphatic heterocycles. The minimum Gasteiger partial charge on any atom is -0.258 e. The van der Waals surface area contributed by atoms with Gasteiger partial charge in [0, 0.05) is 30.9 Å². The number of nitrogens with one attached hydrogen (secondary N) is 1. The first-order chi connectivity index (χ1) is 15.8. The standard InChI is InChI=1S/C21H20N6O4S2/c1-15-2-8-18(9-3-15)33(30,31)22-13-12-20-24-23-19-10-11-21(25-26(19)20)32-14-16-4-6-17(7-5-16)27(28)29/h2-11,22H,12-14H2,1H3. The molecule has 2 heterocycles. The van der Waals surface area contributed by atoms with Crippen LogP contribution in [0.25, 0.3) is 5.65 Å². The van der Waals surface area contributed by atoms with E-state index in [4.69, 9.17) is 0 Å². The molecule has 0 amide bonds. The number of nitrogens with zero attached hydrogens (tertiary/aromatic N) is 5. The highest BCUT2D eigenvalue weighted by molar-refractivity contribution is 7.98. The van der Waals surface area contributed by atoms with Crippen LogP contribution in [-0.2, 0) is 22.2 Å². The summed E-state index contributed by atoms with van der Waals surface area (Å²) in [6.07, 6.45) is 0.315. The summed E-state index contributed by atoms with van der Waals surface area (Å²) in [5.74, 6) is 1.12. The van der Waals surface area contributed by atoms with Gasteiger partial charge in [-0.3, -0.25) is 10.1 Å². The number of non-ortho nitro benzene ring substituents is 1. The molecule has 10 nitrogen and oxygen atoms in total. The van der Waals surface area contributed by atoms with Crippen LogP contribution in [0, 0.1) is 17.0 Å². The van der Waals surface area contributed by atoms with Gasteiger partial charge >= 0.3 is 0 Å². The fourth-order valence-corrected chi connectivity index (χ4v) is 4.86. The monoisotopic (exact) mass is 484 g/mol. The van der Waals surface area contributed by atoms with E-state index in [9.17, 15) is 18.5 Å². The smallest absolute Gasteiger partial charge is 0.258 e. The Morgan fingerprint density at radius 1 is 1.03 bits per heavy atom. The number of nitro benzene ring substituents is 1. The van der Waals surface area contributed by atoms with Crippen LogP contribution in [0.15, 0.2) is 70.6 Å². The number of nitro groups is 1. The molecule has 0 spiro atoms. The van der Waals surface area contributed by atoms with Crippen molar-refractivity contribution in [3.8, 4) is 0 Å². The Bertz CT molecular complexity index is 1390. The molecule has 0 unspecified atom stereocenters. The highest BCUT2D eigenvalue weighted by Crippen LogP contribution is 2.22. The highest BCUT2D eigenvalue weighted by atomic mass is 32.2. The van der Waals surface area contributed by atoms with E-state index in [1.165, 1.54) is 23.9 Å². The Morgan fingerprint density at radius 2 is 1.76 bits per heavy atom. The normalized spacial score (nSPS) is 11.7. The van der Waals surface area contributed by atoms with E-state index in [0.717, 1.165) is 16.2 Å². The van der Waals surface area contributed by atoms with E-state index in [1.807, 2.05) is 13.0 Å². The summed E-state index contributed by atoms with van der Waals surface area (Å²) >= 11 is 1.47. The van der Waals surface area contributed by atoms with Gasteiger partial charge in [0.25, 0.3) is 5.69 Å². The fraction of sp³-hybridized carbons (Fsp3) is 0.190. The Hall–Kier alpha value is -3.35. The zero-order chi connectivity index (χ0) is 23.4. The number of fused-ring (bicyclic) bond motifs is 1. The number of hydrogen-bond acceptors (Lipinski definition) is 8. The van der Waals surface area contributed by atoms with Gasteiger partial charge in [-0.15, -0.1) is 10.2 Å². The van der Waals surface area contributed by atoms with Crippen LogP contribution in [-0.4, -0.2) is 39.7 Å². The fourth-order valence-electron chi connectivity index (χ4n) is 3.02. The van der Waals surface area contributed by atoms with E-state index < -0.39 is 14.9 Å². The molecule has 0 aliphatic rings. The second kappa shape index (κ2) is 9.65. The molecular formula is C21H20N6O4S2. The molecule has 0 saturated heterocycles. The van der Waals surface area contributed by atoms with Gasteiger partial charge < -0.3 is 0 Å². The largest absolute Gasteiger partial charge is 0.269 e. The second-order valence-corrected chi connectivity index (χ2v) is 9.99. The Kier molecular flexibility index (Phi) is 6.67. The predicted molar refractivity (Wildman–Crippen MR) is 124 cm³/mol. The number of thioether (sulfide) groups is 1. The van der Waals surface area contributed by atoms with Crippen molar-refractivity contribution in [2.75, 3.05) is 6.54 Å². The van der Waals surface area contributed by atoms with Crippen molar-refractivity contribution in [1.82, 2.24) is 24.5 Å². The van der Waals surface area contributed by atoms with Crippen LogP contribution >= 0.6 is 11.8 Å². The van der Waals surface area contributed by atoms with Crippen LogP contribution in [0.2, 0.25) is 0 Å². The molecule has 4 aromatic rings. The van der Waals surface area contributed by atoms with Crippen LogP contribution < -0.4 is 4.72 Å². The zero-order valence-electron chi connectivity index (χ0n) is 17.6. The summed E-state index contributed by atoms with van der Waals surface area (Å²) in [6.45, 7) is 2.05. The number of aromatic nitrogens is 4. The first-order valence-corrected chi connectivity index (χ1v) is 12.4. The van der Waals surface area contributed by atoms with E-state index in [1.54, 1.807) is 47.0 Å². The number of benzene rings is 2. The van der Waals surface area contributed by atoms with E-state index in [-0.39, 0.29) is 17.1 Å². The first kappa shape index (κ1) is 22.8. The third-order valence-electron chi connectivity index (χ3n) is 4.81. The van der Waals surface area contributed by atoms with Gasteiger partial charge in [-0.2, -0.15) is 9.61 Å². The van der Waals surface area contributed by atoms with E-state index in [2.05, 4.69) is 20.0 Å². The predicted octanol–water partition coefficient (Wildman–Crippen LogP) is 3.15. The van der Waals surface area contributed by atoms with Crippen LogP contribution in [0.1, 0.15) is 17.0 Å². The van der Waals surface area contributed by atoms with E-state index >= 15 is 0 Å². The summed E-state index contributed by atoms with van der Waals surface area (Å²) in [4.78, 5) is 10.6. The average Bonchev–Trinajstić information content (AvgIpc) is 3.20. The number of aryl methyl sites for hydroxylation is 1. The third kappa shape index (κ3) is 5.53.